The number of phosphoric ester groups is 1. The Labute approximate surface area is 648 Å². The molecular weight excluding hydrogens is 1300 g/mol. The smallest absolute Gasteiger partial charge is 0.462 e. The summed E-state index contributed by atoms with van der Waals surface area (Å²) in [4.78, 5) is 36.1. The van der Waals surface area contributed by atoms with Gasteiger partial charge in [-0.25, -0.2) is 4.57 Å². The van der Waals surface area contributed by atoms with E-state index in [4.69, 9.17) is 18.5 Å². The van der Waals surface area contributed by atoms with E-state index in [-0.39, 0.29) is 25.6 Å². The van der Waals surface area contributed by atoms with Crippen molar-refractivity contribution < 1.29 is 42.1 Å². The molecule has 10 heteroatoms. The summed E-state index contributed by atoms with van der Waals surface area (Å²) in [5.41, 5.74) is 0. The van der Waals surface area contributed by atoms with Gasteiger partial charge in [0.05, 0.1) is 27.7 Å². The number of hydrogen-bond acceptors (Lipinski definition) is 7. The van der Waals surface area contributed by atoms with Crippen LogP contribution in [0.1, 0.15) is 463 Å². The number of carbonyl (C=O) groups excluding carboxylic acids is 2. The van der Waals surface area contributed by atoms with Crippen LogP contribution in [0.5, 0.6) is 0 Å². The molecule has 0 spiro atoms. The Kier molecular flexibility index (Phi) is 82.4. The first-order valence-corrected chi connectivity index (χ1v) is 47.2. The zero-order valence-corrected chi connectivity index (χ0v) is 70.9. The van der Waals surface area contributed by atoms with Crippen LogP contribution in [0.2, 0.25) is 0 Å². The molecule has 0 saturated carbocycles. The molecule has 0 rings (SSSR count). The Bertz CT molecular complexity index is 1990. The molecule has 0 aromatic heterocycles. The number of phosphoric acid groups is 1. The summed E-state index contributed by atoms with van der Waals surface area (Å²) >= 11 is 0. The highest BCUT2D eigenvalue weighted by molar-refractivity contribution is 7.47. The highest BCUT2D eigenvalue weighted by atomic mass is 31.2. The first-order chi connectivity index (χ1) is 51.0. The van der Waals surface area contributed by atoms with E-state index in [1.165, 1.54) is 360 Å². The van der Waals surface area contributed by atoms with Gasteiger partial charge in [0.25, 0.3) is 0 Å². The van der Waals surface area contributed by atoms with Gasteiger partial charge in [0.1, 0.15) is 19.8 Å². The van der Waals surface area contributed by atoms with E-state index < -0.39 is 26.5 Å². The fourth-order valence-corrected chi connectivity index (χ4v) is 14.6. The van der Waals surface area contributed by atoms with Gasteiger partial charge in [-0.2, -0.15) is 0 Å². The van der Waals surface area contributed by atoms with Gasteiger partial charge in [0.15, 0.2) is 6.10 Å². The van der Waals surface area contributed by atoms with Crippen LogP contribution < -0.4 is 0 Å². The second kappa shape index (κ2) is 84.5. The molecule has 0 amide bonds. The average molecular weight is 1480 g/mol. The van der Waals surface area contributed by atoms with Crippen molar-refractivity contribution in [2.45, 2.75) is 469 Å². The third-order valence-electron chi connectivity index (χ3n) is 20.8. The summed E-state index contributed by atoms with van der Waals surface area (Å²) in [5, 5.41) is 0. The van der Waals surface area contributed by atoms with Crippen molar-refractivity contribution in [2.75, 3.05) is 47.5 Å². The summed E-state index contributed by atoms with van der Waals surface area (Å²) in [5.74, 6) is -0.772. The van der Waals surface area contributed by atoms with Gasteiger partial charge < -0.3 is 18.9 Å². The lowest BCUT2D eigenvalue weighted by Gasteiger charge is -2.24. The molecule has 0 aliphatic rings. The number of allylic oxidation sites excluding steroid dienone is 12. The van der Waals surface area contributed by atoms with Gasteiger partial charge in [0, 0.05) is 12.8 Å². The Morgan fingerprint density at radius 3 is 0.817 bits per heavy atom. The largest absolute Gasteiger partial charge is 0.472 e. The molecule has 0 fully saturated rings. The van der Waals surface area contributed by atoms with Crippen LogP contribution in [0.3, 0.4) is 0 Å². The summed E-state index contributed by atoms with van der Waals surface area (Å²) in [7, 11) is 1.50. The number of rotatable bonds is 86. The van der Waals surface area contributed by atoms with Crippen molar-refractivity contribution in [1.29, 1.82) is 0 Å². The summed E-state index contributed by atoms with van der Waals surface area (Å²) in [6, 6.07) is 0. The van der Waals surface area contributed by atoms with E-state index >= 15 is 0 Å². The van der Waals surface area contributed by atoms with Gasteiger partial charge in [-0.1, -0.05) is 459 Å². The van der Waals surface area contributed by atoms with Crippen molar-refractivity contribution in [1.82, 2.24) is 0 Å². The predicted octanol–water partition coefficient (Wildman–Crippen LogP) is 31.0. The second-order valence-corrected chi connectivity index (χ2v) is 33.8. The molecule has 0 heterocycles. The lowest BCUT2D eigenvalue weighted by molar-refractivity contribution is -0.870. The maximum absolute atomic E-state index is 13.0. The van der Waals surface area contributed by atoms with Crippen molar-refractivity contribution in [3.05, 3.63) is 72.9 Å². The maximum Gasteiger partial charge on any atom is 0.472 e. The molecule has 104 heavy (non-hydrogen) atoms. The van der Waals surface area contributed by atoms with Crippen molar-refractivity contribution in [3.8, 4) is 0 Å². The molecule has 2 atom stereocenters. The quantitative estimate of drug-likeness (QED) is 0.0211. The van der Waals surface area contributed by atoms with Crippen LogP contribution >= 0.6 is 7.82 Å². The van der Waals surface area contributed by atoms with E-state index in [9.17, 15) is 19.0 Å². The molecule has 0 aromatic carbocycles. The van der Waals surface area contributed by atoms with Crippen molar-refractivity contribution >= 4 is 19.8 Å². The molecule has 1 N–H and O–H groups in total. The Hall–Kier alpha value is -2.55. The number of unbranched alkanes of at least 4 members (excludes halogenated alkanes) is 60. The number of likely N-dealkylation sites (N-methyl/N-ethyl adjacent to an activating group) is 1. The van der Waals surface area contributed by atoms with Crippen LogP contribution in [-0.2, 0) is 32.7 Å². The lowest BCUT2D eigenvalue weighted by atomic mass is 10.0. The van der Waals surface area contributed by atoms with Gasteiger partial charge in [-0.05, 0) is 64.2 Å². The van der Waals surface area contributed by atoms with E-state index in [2.05, 4.69) is 86.8 Å². The van der Waals surface area contributed by atoms with Gasteiger partial charge in [0.2, 0.25) is 0 Å². The summed E-state index contributed by atoms with van der Waals surface area (Å²) in [6.07, 6.45) is 117. The molecule has 9 nitrogen and oxygen atoms in total. The monoisotopic (exact) mass is 1480 g/mol. The molecule has 0 aromatic rings. The second-order valence-electron chi connectivity index (χ2n) is 32.3. The minimum absolute atomic E-state index is 0.0339. The fourth-order valence-electron chi connectivity index (χ4n) is 13.9. The number of ether oxygens (including phenoxy) is 2. The third kappa shape index (κ3) is 88.4. The van der Waals surface area contributed by atoms with Crippen LogP contribution in [0.15, 0.2) is 72.9 Å². The van der Waals surface area contributed by atoms with Crippen LogP contribution in [0.25, 0.3) is 0 Å². The number of carbonyl (C=O) groups is 2. The van der Waals surface area contributed by atoms with Gasteiger partial charge >= 0.3 is 19.8 Å². The first-order valence-electron chi connectivity index (χ1n) is 45.7. The lowest BCUT2D eigenvalue weighted by Crippen LogP contribution is -2.37. The zero-order valence-electron chi connectivity index (χ0n) is 70.0. The van der Waals surface area contributed by atoms with E-state index in [0.717, 1.165) is 70.6 Å². The van der Waals surface area contributed by atoms with E-state index in [1.54, 1.807) is 0 Å². The standard InChI is InChI=1S/C94H176NO8P/c1-6-8-10-12-14-16-18-20-22-24-26-28-30-32-34-36-38-40-42-44-46-47-49-50-52-54-56-58-60-62-64-66-68-70-72-74-76-78-80-82-84-86-93(96)100-90-92(91-102-104(98,99)101-89-88-95(3,4)5)103-94(97)87-85-83-81-79-77-75-73-71-69-67-65-63-61-59-57-55-53-51-48-45-43-41-39-37-35-33-31-29-27-25-23-21-19-17-15-13-11-9-7-2/h9,11,15,17,21,23,27,29,33,35,39,41,92H,6-8,10,12-14,16,18-20,22,24-26,28,30-32,34,36-38,40,42-91H2,1-5H3/p+1/b11-9-,17-15-,23-21-,29-27-,35-33-,41-39-. The molecule has 0 aliphatic carbocycles. The minimum atomic E-state index is -4.40. The fraction of sp³-hybridized carbons (Fsp3) is 0.851. The summed E-state index contributed by atoms with van der Waals surface area (Å²) in [6.45, 7) is 4.40. The SMILES string of the molecule is CC/C=C\C/C=C\C/C=C\C/C=C\C/C=C\C/C=C\CCCCCCCCCCCCCCCCCCCCCCC(=O)OC(COC(=O)CCCCCCCCCCCCCCCCCCCCCCCCCCCCCCCCCCCCCCCCCCC)COP(=O)(O)OCC[N+](C)(C)C. The molecule has 0 radical (unpaired) electrons. The molecular formula is C94H177NO8P+. The van der Waals surface area contributed by atoms with E-state index in [0.29, 0.717) is 23.9 Å². The minimum Gasteiger partial charge on any atom is -0.462 e. The third-order valence-corrected chi connectivity index (χ3v) is 21.7. The first kappa shape index (κ1) is 101. The molecule has 610 valence electrons. The number of hydrogen-bond donors (Lipinski definition) is 1. The molecule has 0 saturated heterocycles. The molecule has 2 unspecified atom stereocenters. The number of quaternary nitrogens is 1. The topological polar surface area (TPSA) is 108 Å². The zero-order chi connectivity index (χ0) is 75.4. The highest BCUT2D eigenvalue weighted by Crippen LogP contribution is 2.43. The Morgan fingerprint density at radius 1 is 0.308 bits per heavy atom. The highest BCUT2D eigenvalue weighted by Gasteiger charge is 2.27. The Morgan fingerprint density at radius 2 is 0.548 bits per heavy atom. The van der Waals surface area contributed by atoms with Crippen LogP contribution in [-0.4, -0.2) is 74.9 Å². The van der Waals surface area contributed by atoms with Crippen LogP contribution in [0.4, 0.5) is 0 Å². The van der Waals surface area contributed by atoms with Gasteiger partial charge in [-0.3, -0.25) is 18.6 Å². The Balaban J connectivity index is 3.84. The van der Waals surface area contributed by atoms with E-state index in [1.807, 2.05) is 21.1 Å². The van der Waals surface area contributed by atoms with Crippen LogP contribution in [0, 0.1) is 0 Å². The van der Waals surface area contributed by atoms with Crippen molar-refractivity contribution in [2.24, 2.45) is 0 Å². The summed E-state index contributed by atoms with van der Waals surface area (Å²) < 4.78 is 34.9. The number of nitrogens with zero attached hydrogens (tertiary/aromatic N) is 1. The predicted molar refractivity (Wildman–Crippen MR) is 455 cm³/mol. The molecule has 0 aliphatic heterocycles. The van der Waals surface area contributed by atoms with Crippen molar-refractivity contribution in [3.63, 3.8) is 0 Å². The molecule has 0 bridgehead atoms. The normalized spacial score (nSPS) is 13.2. The maximum atomic E-state index is 13.0. The number of esters is 2. The van der Waals surface area contributed by atoms with Gasteiger partial charge in [-0.15, -0.1) is 0 Å². The average Bonchev–Trinajstić information content (AvgIpc) is 0.915.